The Balaban J connectivity index is 1.27. The zero-order valence-corrected chi connectivity index (χ0v) is 30.0. The summed E-state index contributed by atoms with van der Waals surface area (Å²) in [6, 6.07) is 0. The zero-order valence-electron chi connectivity index (χ0n) is 29.1. The fraction of sp³-hybridized carbons (Fsp3) is 0.933. The maximum absolute atomic E-state index is 11.8. The Labute approximate surface area is 292 Å². The Morgan fingerprint density at radius 1 is 0.800 bits per heavy atom. The highest BCUT2D eigenvalue weighted by atomic mass is 31.2. The molecule has 20 heteroatoms. The van der Waals surface area contributed by atoms with Crippen molar-refractivity contribution in [1.29, 1.82) is 0 Å². The molecule has 292 valence electrons. The van der Waals surface area contributed by atoms with E-state index in [9.17, 15) is 45.2 Å². The molecule has 0 saturated carbocycles. The van der Waals surface area contributed by atoms with Crippen LogP contribution in [0.15, 0.2) is 6.20 Å². The highest BCUT2D eigenvalue weighted by Crippen LogP contribution is 2.38. The third-order valence-corrected chi connectivity index (χ3v) is 9.45. The van der Waals surface area contributed by atoms with Crippen molar-refractivity contribution in [2.45, 2.75) is 119 Å². The minimum atomic E-state index is -4.26. The van der Waals surface area contributed by atoms with Gasteiger partial charge in [0.15, 0.2) is 12.6 Å². The molecular formula is C30H57N4O15P. The van der Waals surface area contributed by atoms with E-state index in [1.54, 1.807) is 4.68 Å². The molecule has 0 amide bonds. The minimum Gasteiger partial charge on any atom is -0.756 e. The van der Waals surface area contributed by atoms with E-state index >= 15 is 0 Å². The van der Waals surface area contributed by atoms with Gasteiger partial charge in [0, 0.05) is 12.7 Å². The van der Waals surface area contributed by atoms with Crippen LogP contribution in [0.2, 0.25) is 0 Å². The number of quaternary nitrogens is 1. The monoisotopic (exact) mass is 744 g/mol. The van der Waals surface area contributed by atoms with Gasteiger partial charge in [-0.1, -0.05) is 30.9 Å². The van der Waals surface area contributed by atoms with Crippen LogP contribution in [0.3, 0.4) is 0 Å². The summed E-state index contributed by atoms with van der Waals surface area (Å²) in [5.74, 6) is 0. The fourth-order valence-corrected chi connectivity index (χ4v) is 6.17. The predicted molar refractivity (Wildman–Crippen MR) is 171 cm³/mol. The first kappa shape index (κ1) is 43.2. The second kappa shape index (κ2) is 20.9. The van der Waals surface area contributed by atoms with Crippen molar-refractivity contribution in [2.24, 2.45) is 0 Å². The average molecular weight is 745 g/mol. The van der Waals surface area contributed by atoms with Crippen molar-refractivity contribution in [1.82, 2.24) is 15.0 Å². The molecule has 19 nitrogen and oxygen atoms in total. The van der Waals surface area contributed by atoms with Crippen LogP contribution in [0.1, 0.15) is 50.6 Å². The lowest BCUT2D eigenvalue weighted by atomic mass is 9.97. The molecule has 3 heterocycles. The maximum atomic E-state index is 11.8. The molecule has 0 aliphatic carbocycles. The molecule has 2 fully saturated rings. The summed E-state index contributed by atoms with van der Waals surface area (Å²) in [6.07, 6.45) is -6.61. The van der Waals surface area contributed by atoms with Crippen molar-refractivity contribution in [2.75, 3.05) is 60.7 Å². The van der Waals surface area contributed by atoms with Crippen LogP contribution < -0.4 is 4.89 Å². The number of rotatable bonds is 23. The van der Waals surface area contributed by atoms with Crippen LogP contribution in [0.25, 0.3) is 0 Å². The van der Waals surface area contributed by atoms with Crippen LogP contribution in [-0.2, 0) is 45.5 Å². The van der Waals surface area contributed by atoms with Crippen LogP contribution >= 0.6 is 7.82 Å². The number of aryl methyl sites for hydroxylation is 2. The van der Waals surface area contributed by atoms with E-state index in [0.29, 0.717) is 30.4 Å². The first-order valence-corrected chi connectivity index (χ1v) is 18.6. The molecular weight excluding hydrogens is 687 g/mol. The molecule has 5 unspecified atom stereocenters. The Hall–Kier alpha value is -1.23. The number of likely N-dealkylation sites (N-methyl/N-ethyl adjacent to an activating group) is 1. The van der Waals surface area contributed by atoms with Gasteiger partial charge in [-0.05, 0) is 25.7 Å². The van der Waals surface area contributed by atoms with Gasteiger partial charge in [-0.15, -0.1) is 5.10 Å². The van der Waals surface area contributed by atoms with Crippen molar-refractivity contribution >= 4 is 7.82 Å². The first-order chi connectivity index (χ1) is 23.7. The van der Waals surface area contributed by atoms with Crippen LogP contribution in [0.4, 0.5) is 0 Å². The van der Waals surface area contributed by atoms with Gasteiger partial charge in [0.2, 0.25) is 0 Å². The molecule has 2 aliphatic heterocycles. The van der Waals surface area contributed by atoms with E-state index in [1.807, 2.05) is 27.3 Å². The number of aliphatic hydroxyl groups is 7. The van der Waals surface area contributed by atoms with Gasteiger partial charge in [-0.3, -0.25) is 9.25 Å². The normalized spacial score (nSPS) is 31.9. The Bertz CT molecular complexity index is 1140. The molecule has 0 radical (unpaired) electrons. The summed E-state index contributed by atoms with van der Waals surface area (Å²) in [4.78, 5) is 11.8. The summed E-state index contributed by atoms with van der Waals surface area (Å²) >= 11 is 0. The lowest BCUT2D eigenvalue weighted by Gasteiger charge is -2.45. The first-order valence-electron chi connectivity index (χ1n) is 17.2. The van der Waals surface area contributed by atoms with E-state index in [-0.39, 0.29) is 19.8 Å². The van der Waals surface area contributed by atoms with Gasteiger partial charge in [-0.25, -0.2) is 0 Å². The minimum absolute atomic E-state index is 0.0891. The lowest BCUT2D eigenvalue weighted by Crippen LogP contribution is -2.64. The molecule has 2 saturated heterocycles. The number of unbranched alkanes of at least 4 members (excludes halogenated alkanes) is 5. The molecule has 1 aromatic rings. The van der Waals surface area contributed by atoms with Crippen molar-refractivity contribution in [3.05, 3.63) is 11.9 Å². The number of phosphoric acid groups is 1. The summed E-state index contributed by atoms with van der Waals surface area (Å²) in [5, 5.41) is 79.2. The van der Waals surface area contributed by atoms with Gasteiger partial charge < -0.3 is 73.1 Å². The summed E-state index contributed by atoms with van der Waals surface area (Å²) in [5.41, 5.74) is 0.848. The summed E-state index contributed by atoms with van der Waals surface area (Å²) < 4.78 is 46.0. The number of nitrogens with zero attached hydrogens (tertiary/aromatic N) is 4. The fourth-order valence-electron chi connectivity index (χ4n) is 5.44. The largest absolute Gasteiger partial charge is 0.756 e. The van der Waals surface area contributed by atoms with Crippen molar-refractivity contribution in [3.63, 3.8) is 0 Å². The Kier molecular flexibility index (Phi) is 18.0. The summed E-state index contributed by atoms with van der Waals surface area (Å²) in [7, 11) is 1.59. The third-order valence-electron chi connectivity index (χ3n) is 8.45. The number of aromatic nitrogens is 3. The predicted octanol–water partition coefficient (Wildman–Crippen LogP) is -2.60. The van der Waals surface area contributed by atoms with Gasteiger partial charge in [0.25, 0.3) is 7.82 Å². The van der Waals surface area contributed by atoms with E-state index < -0.39 is 82.4 Å². The number of aliphatic hydroxyl groups excluding tert-OH is 7. The quantitative estimate of drug-likeness (QED) is 0.0344. The number of hydrogen-bond donors (Lipinski definition) is 7. The van der Waals surface area contributed by atoms with Gasteiger partial charge in [0.05, 0.1) is 53.3 Å². The van der Waals surface area contributed by atoms with Crippen LogP contribution in [0.5, 0.6) is 0 Å². The maximum Gasteiger partial charge on any atom is 0.268 e. The Morgan fingerprint density at radius 2 is 1.42 bits per heavy atom. The molecule has 0 bridgehead atoms. The number of hydrogen-bond acceptors (Lipinski definition) is 17. The van der Waals surface area contributed by atoms with Crippen molar-refractivity contribution < 1.29 is 77.7 Å². The molecule has 1 aromatic heterocycles. The molecule has 50 heavy (non-hydrogen) atoms. The lowest BCUT2D eigenvalue weighted by molar-refractivity contribution is -0.870. The highest BCUT2D eigenvalue weighted by Gasteiger charge is 2.50. The van der Waals surface area contributed by atoms with Gasteiger partial charge in [0.1, 0.15) is 62.0 Å². The SMILES string of the molecule is C[N+](C)(C)CCOP(=O)([O-])OCCCCCCCCc1cn(CCCO[C@@H]2OC(CO)[C@@H](O[C@H]3OC(CO)[C@@H](O)[C@H](O)C3O)[C@H](O)C2O)nn1. The van der Waals surface area contributed by atoms with Gasteiger partial charge >= 0.3 is 0 Å². The zero-order chi connectivity index (χ0) is 36.9. The molecule has 2 aliphatic rings. The van der Waals surface area contributed by atoms with Crippen LogP contribution in [-0.4, -0.2) is 177 Å². The van der Waals surface area contributed by atoms with E-state index in [4.69, 9.17) is 28.0 Å². The standard InChI is InChI=1S/C30H57N4O15P/c1-34(2,3)13-16-46-50(42,43)45-15-9-7-5-4-6-8-11-20-17-33(32-31-20)12-10-14-44-29-27(41)25(39)28(22(19-36)48-29)49-30-26(40)24(38)23(37)21(18-35)47-30/h17,21-30,35-41H,4-16,18-19H2,1-3H3/t21?,22?,23-,24+,25-,26?,27?,28-,29-,30-/m1/s1. The molecule has 7 N–H and O–H groups in total. The Morgan fingerprint density at radius 3 is 2.10 bits per heavy atom. The highest BCUT2D eigenvalue weighted by molar-refractivity contribution is 7.45. The number of phosphoric ester groups is 1. The van der Waals surface area contributed by atoms with Crippen LogP contribution in [0, 0.1) is 0 Å². The second-order valence-electron chi connectivity index (χ2n) is 13.7. The summed E-state index contributed by atoms with van der Waals surface area (Å²) in [6.45, 7) is 0.00513. The van der Waals surface area contributed by atoms with E-state index in [1.165, 1.54) is 0 Å². The van der Waals surface area contributed by atoms with Gasteiger partial charge in [-0.2, -0.15) is 0 Å². The number of ether oxygens (including phenoxy) is 4. The second-order valence-corrected chi connectivity index (χ2v) is 15.1. The van der Waals surface area contributed by atoms with E-state index in [2.05, 4.69) is 10.3 Å². The molecule has 0 aromatic carbocycles. The van der Waals surface area contributed by atoms with E-state index in [0.717, 1.165) is 44.2 Å². The molecule has 11 atom stereocenters. The molecule has 3 rings (SSSR count). The smallest absolute Gasteiger partial charge is 0.268 e. The average Bonchev–Trinajstić information content (AvgIpc) is 3.52. The molecule has 0 spiro atoms. The van der Waals surface area contributed by atoms with Crippen molar-refractivity contribution in [3.8, 4) is 0 Å². The topological polar surface area (TPSA) is 268 Å². The third kappa shape index (κ3) is 14.0.